The van der Waals surface area contributed by atoms with Gasteiger partial charge in [0.2, 0.25) is 0 Å². The van der Waals surface area contributed by atoms with Gasteiger partial charge in [-0.05, 0) is 36.4 Å². The van der Waals surface area contributed by atoms with Gasteiger partial charge in [-0.15, -0.1) is 27.1 Å². The van der Waals surface area contributed by atoms with Crippen LogP contribution in [0, 0.1) is 0 Å². The van der Waals surface area contributed by atoms with Crippen molar-refractivity contribution in [3.63, 3.8) is 0 Å². The lowest BCUT2D eigenvalue weighted by Crippen LogP contribution is -2.07. The van der Waals surface area contributed by atoms with Gasteiger partial charge >= 0.3 is 0 Å². The summed E-state index contributed by atoms with van der Waals surface area (Å²) in [6.07, 6.45) is 1.59. The molecule has 0 aliphatic rings. The molecule has 0 amide bonds. The third-order valence-electron chi connectivity index (χ3n) is 2.65. The second-order valence-corrected chi connectivity index (χ2v) is 6.17. The summed E-state index contributed by atoms with van der Waals surface area (Å²) in [5, 5.41) is 15.4. The van der Waals surface area contributed by atoms with Crippen LogP contribution in [0.25, 0.3) is 5.65 Å². The van der Waals surface area contributed by atoms with Gasteiger partial charge in [-0.25, -0.2) is 0 Å². The monoisotopic (exact) mass is 349 g/mol. The minimum atomic E-state index is 0.750. The Morgan fingerprint density at radius 2 is 2.00 bits per heavy atom. The third kappa shape index (κ3) is 3.29. The number of hydrogen-bond donors (Lipinski definition) is 1. The van der Waals surface area contributed by atoms with Gasteiger partial charge in [0.05, 0.1) is 0 Å². The maximum Gasteiger partial charge on any atom is 0.177 e. The first kappa shape index (κ1) is 13.4. The predicted octanol–water partition coefficient (Wildman–Crippen LogP) is 3.09. The Kier molecular flexibility index (Phi) is 4.17. The van der Waals surface area contributed by atoms with Gasteiger partial charge < -0.3 is 5.32 Å². The molecule has 3 rings (SSSR count). The summed E-state index contributed by atoms with van der Waals surface area (Å²) in [6.45, 7) is 0.849. The van der Waals surface area contributed by atoms with Gasteiger partial charge in [-0.3, -0.25) is 0 Å². The fraction of sp³-hybridized carbons (Fsp3) is 0.154. The van der Waals surface area contributed by atoms with E-state index in [2.05, 4.69) is 60.8 Å². The molecule has 5 nitrogen and oxygen atoms in total. The predicted molar refractivity (Wildman–Crippen MR) is 84.1 cm³/mol. The fourth-order valence-electron chi connectivity index (χ4n) is 1.70. The van der Waals surface area contributed by atoms with Crippen LogP contribution in [0.1, 0.15) is 0 Å². The Labute approximate surface area is 128 Å². The Balaban J connectivity index is 1.50. The van der Waals surface area contributed by atoms with E-state index in [0.717, 1.165) is 28.2 Å². The van der Waals surface area contributed by atoms with E-state index in [1.54, 1.807) is 10.8 Å². The summed E-state index contributed by atoms with van der Waals surface area (Å²) in [4.78, 5) is 1.26. The molecule has 0 radical (unpaired) electrons. The summed E-state index contributed by atoms with van der Waals surface area (Å²) in [5.74, 6) is 1.80. The van der Waals surface area contributed by atoms with E-state index in [1.807, 2.05) is 23.9 Å². The van der Waals surface area contributed by atoms with Crippen molar-refractivity contribution in [2.24, 2.45) is 0 Å². The van der Waals surface area contributed by atoms with E-state index < -0.39 is 0 Å². The number of anilines is 1. The average molecular weight is 350 g/mol. The zero-order valence-electron chi connectivity index (χ0n) is 10.5. The van der Waals surface area contributed by atoms with E-state index >= 15 is 0 Å². The van der Waals surface area contributed by atoms with Gasteiger partial charge in [0.15, 0.2) is 5.65 Å². The summed E-state index contributed by atoms with van der Waals surface area (Å²) < 4.78 is 2.76. The van der Waals surface area contributed by atoms with Crippen molar-refractivity contribution < 1.29 is 0 Å². The second kappa shape index (κ2) is 6.23. The lowest BCUT2D eigenvalue weighted by Gasteiger charge is -2.05. The maximum atomic E-state index is 4.36. The highest BCUT2D eigenvalue weighted by atomic mass is 79.9. The van der Waals surface area contributed by atoms with Gasteiger partial charge in [-0.1, -0.05) is 15.9 Å². The highest BCUT2D eigenvalue weighted by Gasteiger charge is 1.99. The highest BCUT2D eigenvalue weighted by molar-refractivity contribution is 9.10. The number of nitrogens with zero attached hydrogens (tertiary/aromatic N) is 4. The maximum absolute atomic E-state index is 4.36. The molecule has 2 aromatic heterocycles. The summed E-state index contributed by atoms with van der Waals surface area (Å²) in [6, 6.07) is 12.1. The first-order chi connectivity index (χ1) is 9.81. The smallest absolute Gasteiger partial charge is 0.177 e. The second-order valence-electron chi connectivity index (χ2n) is 4.08. The van der Waals surface area contributed by atoms with Crippen molar-refractivity contribution >= 4 is 39.2 Å². The molecule has 1 aromatic carbocycles. The van der Waals surface area contributed by atoms with Crippen molar-refractivity contribution in [2.45, 2.75) is 4.90 Å². The number of nitrogens with one attached hydrogen (secondary N) is 1. The first-order valence-electron chi connectivity index (χ1n) is 6.10. The van der Waals surface area contributed by atoms with Crippen LogP contribution in [0.3, 0.4) is 0 Å². The molecule has 102 valence electrons. The van der Waals surface area contributed by atoms with E-state index in [0.29, 0.717) is 0 Å². The number of aromatic nitrogens is 4. The number of fused-ring (bicyclic) bond motifs is 1. The molecule has 0 spiro atoms. The van der Waals surface area contributed by atoms with Crippen molar-refractivity contribution in [3.05, 3.63) is 47.2 Å². The number of hydrogen-bond acceptors (Lipinski definition) is 5. The molecule has 0 saturated carbocycles. The lowest BCUT2D eigenvalue weighted by atomic mass is 10.4. The Hall–Kier alpha value is -1.60. The highest BCUT2D eigenvalue weighted by Crippen LogP contribution is 2.20. The van der Waals surface area contributed by atoms with Gasteiger partial charge in [0.1, 0.15) is 12.1 Å². The van der Waals surface area contributed by atoms with Crippen LogP contribution in [0.5, 0.6) is 0 Å². The molecule has 0 fully saturated rings. The zero-order valence-corrected chi connectivity index (χ0v) is 12.9. The SMILES string of the molecule is Brc1ccc(SCCNc2ccc3nncn3n2)cc1. The van der Waals surface area contributed by atoms with Crippen LogP contribution in [-0.2, 0) is 0 Å². The molecule has 2 heterocycles. The van der Waals surface area contributed by atoms with Crippen LogP contribution >= 0.6 is 27.7 Å². The summed E-state index contributed by atoms with van der Waals surface area (Å²) in [5.41, 5.74) is 0.750. The van der Waals surface area contributed by atoms with Crippen LogP contribution in [-0.4, -0.2) is 32.1 Å². The first-order valence-corrected chi connectivity index (χ1v) is 7.88. The standard InChI is InChI=1S/C13H12BrN5S/c14-10-1-3-11(4-2-10)20-8-7-15-12-5-6-13-17-16-9-19(13)18-12/h1-6,9H,7-8H2,(H,15,18). The van der Waals surface area contributed by atoms with Crippen LogP contribution in [0.2, 0.25) is 0 Å². The lowest BCUT2D eigenvalue weighted by molar-refractivity contribution is 0.922. The number of benzene rings is 1. The fourth-order valence-corrected chi connectivity index (χ4v) is 2.73. The van der Waals surface area contributed by atoms with Crippen molar-refractivity contribution in [3.8, 4) is 0 Å². The van der Waals surface area contributed by atoms with E-state index in [-0.39, 0.29) is 0 Å². The Bertz CT molecular complexity index is 697. The minimum absolute atomic E-state index is 0.750. The molecule has 0 bridgehead atoms. The molecular formula is C13H12BrN5S. The van der Waals surface area contributed by atoms with Gasteiger partial charge in [0, 0.05) is 21.7 Å². The van der Waals surface area contributed by atoms with Crippen LogP contribution < -0.4 is 5.32 Å². The van der Waals surface area contributed by atoms with Crippen molar-refractivity contribution in [1.29, 1.82) is 0 Å². The van der Waals surface area contributed by atoms with Gasteiger partial charge in [-0.2, -0.15) is 4.52 Å². The molecule has 1 N–H and O–H groups in total. The van der Waals surface area contributed by atoms with E-state index in [9.17, 15) is 0 Å². The number of thioether (sulfide) groups is 1. The number of rotatable bonds is 5. The summed E-state index contributed by atoms with van der Waals surface area (Å²) in [7, 11) is 0. The Morgan fingerprint density at radius 3 is 2.85 bits per heavy atom. The molecule has 20 heavy (non-hydrogen) atoms. The Morgan fingerprint density at radius 1 is 1.15 bits per heavy atom. The third-order valence-corrected chi connectivity index (χ3v) is 4.19. The largest absolute Gasteiger partial charge is 0.368 e. The zero-order chi connectivity index (χ0) is 13.8. The molecule has 3 aromatic rings. The van der Waals surface area contributed by atoms with E-state index in [4.69, 9.17) is 0 Å². The average Bonchev–Trinajstić information content (AvgIpc) is 2.93. The molecule has 0 aliphatic heterocycles. The van der Waals surface area contributed by atoms with Gasteiger partial charge in [0.25, 0.3) is 0 Å². The van der Waals surface area contributed by atoms with Crippen molar-refractivity contribution in [2.75, 3.05) is 17.6 Å². The van der Waals surface area contributed by atoms with Crippen LogP contribution in [0.15, 0.2) is 52.1 Å². The van der Waals surface area contributed by atoms with Crippen LogP contribution in [0.4, 0.5) is 5.82 Å². The van der Waals surface area contributed by atoms with Crippen molar-refractivity contribution in [1.82, 2.24) is 19.8 Å². The molecule has 0 unspecified atom stereocenters. The topological polar surface area (TPSA) is 55.1 Å². The summed E-state index contributed by atoms with van der Waals surface area (Å²) >= 11 is 5.24. The van der Waals surface area contributed by atoms with E-state index in [1.165, 1.54) is 4.90 Å². The quantitative estimate of drug-likeness (QED) is 0.566. The number of halogens is 1. The molecule has 0 saturated heterocycles. The minimum Gasteiger partial charge on any atom is -0.368 e. The normalized spacial score (nSPS) is 10.8. The molecular weight excluding hydrogens is 338 g/mol. The molecule has 0 atom stereocenters. The molecule has 7 heteroatoms. The molecule has 0 aliphatic carbocycles.